The number of nitrogens with one attached hydrogen (secondary N) is 1. The van der Waals surface area contributed by atoms with E-state index in [1.54, 1.807) is 23.0 Å². The molecular weight excluding hydrogens is 375 g/mol. The average molecular weight is 398 g/mol. The Bertz CT molecular complexity index is 991. The van der Waals surface area contributed by atoms with Gasteiger partial charge in [0.15, 0.2) is 11.5 Å². The molecule has 0 atom stereocenters. The van der Waals surface area contributed by atoms with Gasteiger partial charge in [-0.05, 0) is 37.5 Å². The Hall–Kier alpha value is -3.00. The van der Waals surface area contributed by atoms with Crippen LogP contribution in [0.25, 0.3) is 11.3 Å². The number of ether oxygens (including phenoxy) is 1. The lowest BCUT2D eigenvalue weighted by Gasteiger charge is -2.37. The van der Waals surface area contributed by atoms with Gasteiger partial charge >= 0.3 is 0 Å². The number of aromatic nitrogens is 3. The van der Waals surface area contributed by atoms with E-state index in [2.05, 4.69) is 15.6 Å². The fraction of sp³-hybridized carbons (Fsp3) is 0.381. The van der Waals surface area contributed by atoms with E-state index in [9.17, 15) is 9.18 Å². The molecule has 3 aromatic rings. The monoisotopic (exact) mass is 398 g/mol. The average Bonchev–Trinajstić information content (AvgIpc) is 3.42. The summed E-state index contributed by atoms with van der Waals surface area (Å²) in [5, 5.41) is 11.0. The summed E-state index contributed by atoms with van der Waals surface area (Å²) >= 11 is 0. The molecule has 8 heteroatoms. The number of benzene rings is 1. The number of hydrogen-bond acceptors (Lipinski definition) is 5. The fourth-order valence-electron chi connectivity index (χ4n) is 3.67. The lowest BCUT2D eigenvalue weighted by molar-refractivity contribution is 0.0485. The van der Waals surface area contributed by atoms with Crippen molar-refractivity contribution in [3.05, 3.63) is 59.8 Å². The number of rotatable bonds is 6. The molecule has 2 aromatic heterocycles. The van der Waals surface area contributed by atoms with Crippen LogP contribution in [0, 0.1) is 5.82 Å². The molecule has 0 saturated carbocycles. The SMILES string of the molecule is CCn1cc(-c2cc(C(=O)NCC3(c4cccc(F)c4)CCOCC3)no2)cn1. The highest BCUT2D eigenvalue weighted by atomic mass is 19.1. The van der Waals surface area contributed by atoms with Crippen LogP contribution in [0.3, 0.4) is 0 Å². The standard InChI is InChI=1S/C21H23FN4O3/c1-2-26-13-15(12-24-26)19-11-18(25-29-19)20(27)23-14-21(6-8-28-9-7-21)16-4-3-5-17(22)10-16/h3-5,10-13H,2,6-9,14H2,1H3,(H,23,27). The summed E-state index contributed by atoms with van der Waals surface area (Å²) in [6.07, 6.45) is 4.92. The van der Waals surface area contributed by atoms with E-state index in [0.29, 0.717) is 38.4 Å². The van der Waals surface area contributed by atoms with Crippen LogP contribution in [0.5, 0.6) is 0 Å². The van der Waals surface area contributed by atoms with Gasteiger partial charge in [-0.25, -0.2) is 4.39 Å². The van der Waals surface area contributed by atoms with Crippen LogP contribution in [0.15, 0.2) is 47.2 Å². The molecule has 29 heavy (non-hydrogen) atoms. The zero-order chi connectivity index (χ0) is 20.3. The number of carbonyl (C=O) groups excluding carboxylic acids is 1. The first-order valence-electron chi connectivity index (χ1n) is 9.71. The predicted molar refractivity (Wildman–Crippen MR) is 104 cm³/mol. The summed E-state index contributed by atoms with van der Waals surface area (Å²) in [6, 6.07) is 8.17. The van der Waals surface area contributed by atoms with E-state index < -0.39 is 0 Å². The lowest BCUT2D eigenvalue weighted by atomic mass is 9.74. The normalized spacial score (nSPS) is 15.9. The van der Waals surface area contributed by atoms with E-state index in [-0.39, 0.29) is 22.8 Å². The van der Waals surface area contributed by atoms with Crippen molar-refractivity contribution in [2.75, 3.05) is 19.8 Å². The third-order valence-electron chi connectivity index (χ3n) is 5.46. The minimum absolute atomic E-state index is 0.200. The summed E-state index contributed by atoms with van der Waals surface area (Å²) in [4.78, 5) is 12.7. The van der Waals surface area contributed by atoms with Crippen LogP contribution >= 0.6 is 0 Å². The topological polar surface area (TPSA) is 82.2 Å². The van der Waals surface area contributed by atoms with Crippen molar-refractivity contribution in [1.29, 1.82) is 0 Å². The minimum atomic E-state index is -0.370. The molecule has 1 amide bonds. The molecule has 1 N–H and O–H groups in total. The second-order valence-corrected chi connectivity index (χ2v) is 7.25. The first-order chi connectivity index (χ1) is 14.1. The Labute approximate surface area is 167 Å². The number of nitrogens with zero attached hydrogens (tertiary/aromatic N) is 3. The van der Waals surface area contributed by atoms with Crippen molar-refractivity contribution in [3.63, 3.8) is 0 Å². The van der Waals surface area contributed by atoms with E-state index in [0.717, 1.165) is 17.7 Å². The third kappa shape index (κ3) is 4.07. The van der Waals surface area contributed by atoms with Crippen LogP contribution in [0.4, 0.5) is 4.39 Å². The van der Waals surface area contributed by atoms with Crippen LogP contribution in [-0.4, -0.2) is 40.6 Å². The highest BCUT2D eigenvalue weighted by Crippen LogP contribution is 2.34. The molecule has 0 unspecified atom stereocenters. The van der Waals surface area contributed by atoms with Crippen LogP contribution in [0.1, 0.15) is 35.8 Å². The highest BCUT2D eigenvalue weighted by molar-refractivity contribution is 5.93. The Morgan fingerprint density at radius 1 is 1.31 bits per heavy atom. The molecule has 0 radical (unpaired) electrons. The first kappa shape index (κ1) is 19.3. The Morgan fingerprint density at radius 2 is 2.14 bits per heavy atom. The lowest BCUT2D eigenvalue weighted by Crippen LogP contribution is -2.44. The van der Waals surface area contributed by atoms with E-state index in [1.165, 1.54) is 12.1 Å². The van der Waals surface area contributed by atoms with Gasteiger partial charge in [-0.15, -0.1) is 0 Å². The molecule has 152 valence electrons. The second-order valence-electron chi connectivity index (χ2n) is 7.25. The summed E-state index contributed by atoms with van der Waals surface area (Å²) in [5.74, 6) is -0.126. The number of aryl methyl sites for hydroxylation is 1. The number of carbonyl (C=O) groups is 1. The number of hydrogen-bond donors (Lipinski definition) is 1. The molecule has 1 fully saturated rings. The highest BCUT2D eigenvalue weighted by Gasteiger charge is 2.35. The molecule has 1 saturated heterocycles. The quantitative estimate of drug-likeness (QED) is 0.690. The molecule has 0 spiro atoms. The molecule has 1 aliphatic heterocycles. The van der Waals surface area contributed by atoms with E-state index in [4.69, 9.17) is 9.26 Å². The van der Waals surface area contributed by atoms with Gasteiger partial charge in [-0.3, -0.25) is 9.48 Å². The van der Waals surface area contributed by atoms with Crippen molar-refractivity contribution >= 4 is 5.91 Å². The molecule has 3 heterocycles. The Kier molecular flexibility index (Phi) is 5.44. The molecule has 4 rings (SSSR count). The summed E-state index contributed by atoms with van der Waals surface area (Å²) in [7, 11) is 0. The molecule has 0 aliphatic carbocycles. The van der Waals surface area contributed by atoms with Crippen LogP contribution in [0.2, 0.25) is 0 Å². The van der Waals surface area contributed by atoms with Gasteiger partial charge in [-0.1, -0.05) is 17.3 Å². The first-order valence-corrected chi connectivity index (χ1v) is 9.71. The van der Waals surface area contributed by atoms with Crippen molar-refractivity contribution in [2.45, 2.75) is 31.7 Å². The number of amides is 1. The maximum atomic E-state index is 13.8. The van der Waals surface area contributed by atoms with Crippen LogP contribution < -0.4 is 5.32 Å². The van der Waals surface area contributed by atoms with Gasteiger partial charge in [0.25, 0.3) is 5.91 Å². The maximum absolute atomic E-state index is 13.8. The molecule has 1 aliphatic rings. The Balaban J connectivity index is 1.48. The molecule has 1 aromatic carbocycles. The fourth-order valence-corrected chi connectivity index (χ4v) is 3.67. The van der Waals surface area contributed by atoms with Gasteiger partial charge in [0, 0.05) is 44.0 Å². The van der Waals surface area contributed by atoms with Crippen molar-refractivity contribution in [1.82, 2.24) is 20.3 Å². The van der Waals surface area contributed by atoms with Crippen LogP contribution in [-0.2, 0) is 16.7 Å². The van der Waals surface area contributed by atoms with E-state index >= 15 is 0 Å². The summed E-state index contributed by atoms with van der Waals surface area (Å²) < 4.78 is 26.4. The Morgan fingerprint density at radius 3 is 2.86 bits per heavy atom. The number of halogens is 1. The largest absolute Gasteiger partial charge is 0.381 e. The zero-order valence-corrected chi connectivity index (χ0v) is 16.2. The minimum Gasteiger partial charge on any atom is -0.381 e. The third-order valence-corrected chi connectivity index (χ3v) is 5.46. The van der Waals surface area contributed by atoms with Gasteiger partial charge in [0.2, 0.25) is 0 Å². The van der Waals surface area contributed by atoms with Crippen molar-refractivity contribution in [3.8, 4) is 11.3 Å². The summed E-state index contributed by atoms with van der Waals surface area (Å²) in [6.45, 7) is 4.24. The van der Waals surface area contributed by atoms with Crippen molar-refractivity contribution < 1.29 is 18.4 Å². The van der Waals surface area contributed by atoms with Gasteiger partial charge < -0.3 is 14.6 Å². The van der Waals surface area contributed by atoms with Gasteiger partial charge in [0.05, 0.1) is 11.8 Å². The molecule has 0 bridgehead atoms. The van der Waals surface area contributed by atoms with Crippen molar-refractivity contribution in [2.24, 2.45) is 0 Å². The smallest absolute Gasteiger partial charge is 0.273 e. The zero-order valence-electron chi connectivity index (χ0n) is 16.2. The summed E-state index contributed by atoms with van der Waals surface area (Å²) in [5.41, 5.74) is 1.46. The molecular formula is C21H23FN4O3. The van der Waals surface area contributed by atoms with Gasteiger partial charge in [0.1, 0.15) is 5.82 Å². The molecule has 7 nitrogen and oxygen atoms in total. The van der Waals surface area contributed by atoms with E-state index in [1.807, 2.05) is 19.2 Å². The predicted octanol–water partition coefficient (Wildman–Crippen LogP) is 3.18. The second kappa shape index (κ2) is 8.16. The maximum Gasteiger partial charge on any atom is 0.273 e. The van der Waals surface area contributed by atoms with Gasteiger partial charge in [-0.2, -0.15) is 5.10 Å².